The molecule has 2 aliphatic rings. The fourth-order valence-corrected chi connectivity index (χ4v) is 5.64. The number of nitrogens with zero attached hydrogens (tertiary/aromatic N) is 2. The van der Waals surface area contributed by atoms with Crippen LogP contribution in [0.4, 0.5) is 9.80 Å². The molecule has 1 atom stereocenters. The molecule has 2 aromatic rings. The van der Waals surface area contributed by atoms with Gasteiger partial charge in [0, 0.05) is 11.0 Å². The minimum Gasteiger partial charge on any atom is -0.448 e. The normalized spacial score (nSPS) is 18.4. The van der Waals surface area contributed by atoms with Gasteiger partial charge in [-0.2, -0.15) is 21.7 Å². The fourth-order valence-electron chi connectivity index (χ4n) is 3.70. The van der Waals surface area contributed by atoms with Gasteiger partial charge in [-0.25, -0.2) is 4.79 Å². The van der Waals surface area contributed by atoms with E-state index in [9.17, 15) is 14.9 Å². The van der Waals surface area contributed by atoms with Crippen molar-refractivity contribution in [3.63, 3.8) is 0 Å². The summed E-state index contributed by atoms with van der Waals surface area (Å²) in [5.74, 6) is -0.0678. The highest BCUT2D eigenvalue weighted by Crippen LogP contribution is 2.39. The smallest absolute Gasteiger partial charge is 0.433 e. The SMILES string of the molecule is N#Cc1c(NC(=O)/C=C/c2ccsc2)sc2c1CCC(COC(=O)N1CCCCO1)C2. The third-order valence-corrected chi connectivity index (χ3v) is 7.21. The summed E-state index contributed by atoms with van der Waals surface area (Å²) < 4.78 is 5.45. The van der Waals surface area contributed by atoms with Crippen LogP contribution in [0.25, 0.3) is 6.08 Å². The van der Waals surface area contributed by atoms with Gasteiger partial charge in [0.25, 0.3) is 0 Å². The average Bonchev–Trinajstić information content (AvgIpc) is 3.43. The fraction of sp³-hybridized carbons (Fsp3) is 0.409. The van der Waals surface area contributed by atoms with E-state index >= 15 is 0 Å². The van der Waals surface area contributed by atoms with E-state index in [0.717, 1.165) is 48.1 Å². The van der Waals surface area contributed by atoms with E-state index in [1.54, 1.807) is 17.4 Å². The van der Waals surface area contributed by atoms with Crippen molar-refractivity contribution in [2.75, 3.05) is 25.1 Å². The second-order valence-corrected chi connectivity index (χ2v) is 9.41. The summed E-state index contributed by atoms with van der Waals surface area (Å²) in [5, 5.41) is 18.3. The van der Waals surface area contributed by atoms with Crippen molar-refractivity contribution in [3.8, 4) is 6.07 Å². The summed E-state index contributed by atoms with van der Waals surface area (Å²) >= 11 is 3.01. The van der Waals surface area contributed by atoms with Crippen molar-refractivity contribution in [2.24, 2.45) is 5.92 Å². The average molecular weight is 458 g/mol. The number of rotatable bonds is 5. The van der Waals surface area contributed by atoms with Crippen molar-refractivity contribution in [2.45, 2.75) is 32.1 Å². The van der Waals surface area contributed by atoms with E-state index in [1.807, 2.05) is 16.8 Å². The molecule has 0 radical (unpaired) electrons. The van der Waals surface area contributed by atoms with Gasteiger partial charge in [0.05, 0.1) is 25.3 Å². The Balaban J connectivity index is 1.36. The van der Waals surface area contributed by atoms with Crippen LogP contribution in [0.3, 0.4) is 0 Å². The highest BCUT2D eigenvalue weighted by Gasteiger charge is 2.28. The second kappa shape index (κ2) is 10.1. The number of fused-ring (bicyclic) bond motifs is 1. The zero-order valence-electron chi connectivity index (χ0n) is 17.0. The van der Waals surface area contributed by atoms with Gasteiger partial charge in [-0.1, -0.05) is 0 Å². The van der Waals surface area contributed by atoms with Crippen LogP contribution in [0.2, 0.25) is 0 Å². The molecule has 4 rings (SSSR count). The zero-order valence-corrected chi connectivity index (χ0v) is 18.6. The Labute approximate surface area is 188 Å². The molecule has 7 nitrogen and oxygen atoms in total. The van der Waals surface area contributed by atoms with Gasteiger partial charge in [-0.15, -0.1) is 11.3 Å². The van der Waals surface area contributed by atoms with Gasteiger partial charge in [-0.3, -0.25) is 9.63 Å². The molecular formula is C22H23N3O4S2. The number of nitriles is 1. The molecule has 2 amide bonds. The minimum atomic E-state index is -0.431. The predicted molar refractivity (Wildman–Crippen MR) is 120 cm³/mol. The molecule has 0 aromatic carbocycles. The first-order valence-corrected chi connectivity index (χ1v) is 12.0. The van der Waals surface area contributed by atoms with Crippen LogP contribution in [-0.4, -0.2) is 36.8 Å². The van der Waals surface area contributed by atoms with Crippen LogP contribution in [0.5, 0.6) is 0 Å². The van der Waals surface area contributed by atoms with Gasteiger partial charge in [0.1, 0.15) is 11.1 Å². The Bertz CT molecular complexity index is 1000. The Morgan fingerprint density at radius 1 is 1.42 bits per heavy atom. The van der Waals surface area contributed by atoms with E-state index in [1.165, 1.54) is 22.5 Å². The second-order valence-electron chi connectivity index (χ2n) is 7.53. The molecule has 1 unspecified atom stereocenters. The Kier molecular flexibility index (Phi) is 7.02. The number of hydrogen-bond acceptors (Lipinski definition) is 7. The third kappa shape index (κ3) is 5.34. The largest absolute Gasteiger partial charge is 0.448 e. The molecule has 0 saturated carbocycles. The van der Waals surface area contributed by atoms with Crippen molar-refractivity contribution in [1.29, 1.82) is 5.26 Å². The number of hydroxylamine groups is 2. The molecule has 1 fully saturated rings. The van der Waals surface area contributed by atoms with Crippen molar-refractivity contribution < 1.29 is 19.2 Å². The molecular weight excluding hydrogens is 434 g/mol. The highest BCUT2D eigenvalue weighted by molar-refractivity contribution is 7.16. The zero-order chi connectivity index (χ0) is 21.6. The summed E-state index contributed by atoms with van der Waals surface area (Å²) in [4.78, 5) is 30.9. The number of carbonyl (C=O) groups excluding carboxylic acids is 2. The lowest BCUT2D eigenvalue weighted by molar-refractivity contribution is -0.157. The monoisotopic (exact) mass is 457 g/mol. The first kappa shape index (κ1) is 21.6. The molecule has 1 saturated heterocycles. The van der Waals surface area contributed by atoms with Gasteiger partial charge < -0.3 is 10.1 Å². The lowest BCUT2D eigenvalue weighted by atomic mass is 9.88. The highest BCUT2D eigenvalue weighted by atomic mass is 32.1. The van der Waals surface area contributed by atoms with Crippen LogP contribution < -0.4 is 5.32 Å². The molecule has 1 aliphatic heterocycles. The molecule has 162 valence electrons. The van der Waals surface area contributed by atoms with Crippen molar-refractivity contribution in [3.05, 3.63) is 44.5 Å². The summed E-state index contributed by atoms with van der Waals surface area (Å²) in [7, 11) is 0. The topological polar surface area (TPSA) is 91.7 Å². The Morgan fingerprint density at radius 3 is 3.06 bits per heavy atom. The third-order valence-electron chi connectivity index (χ3n) is 5.34. The van der Waals surface area contributed by atoms with Gasteiger partial charge in [0.2, 0.25) is 5.91 Å². The minimum absolute atomic E-state index is 0.188. The van der Waals surface area contributed by atoms with Crippen LogP contribution in [0, 0.1) is 17.2 Å². The molecule has 0 spiro atoms. The number of anilines is 1. The summed E-state index contributed by atoms with van der Waals surface area (Å²) in [5.41, 5.74) is 2.53. The number of hydrogen-bond donors (Lipinski definition) is 1. The van der Waals surface area contributed by atoms with E-state index in [0.29, 0.717) is 30.3 Å². The van der Waals surface area contributed by atoms with Crippen LogP contribution in [0.1, 0.15) is 40.8 Å². The summed E-state index contributed by atoms with van der Waals surface area (Å²) in [6.45, 7) is 1.43. The van der Waals surface area contributed by atoms with Gasteiger partial charge >= 0.3 is 6.09 Å². The van der Waals surface area contributed by atoms with Gasteiger partial charge in [0.15, 0.2) is 0 Å². The molecule has 0 bridgehead atoms. The molecule has 9 heteroatoms. The maximum absolute atomic E-state index is 12.3. The summed E-state index contributed by atoms with van der Waals surface area (Å²) in [6, 6.07) is 4.19. The molecule has 1 aliphatic carbocycles. The van der Waals surface area contributed by atoms with E-state index in [4.69, 9.17) is 9.57 Å². The van der Waals surface area contributed by atoms with Crippen molar-refractivity contribution in [1.82, 2.24) is 5.06 Å². The number of amides is 2. The van der Waals surface area contributed by atoms with E-state index < -0.39 is 6.09 Å². The summed E-state index contributed by atoms with van der Waals surface area (Å²) in [6.07, 6.45) is 6.97. The van der Waals surface area contributed by atoms with Gasteiger partial charge in [-0.05, 0) is 72.1 Å². The Morgan fingerprint density at radius 2 is 2.32 bits per heavy atom. The Hall–Kier alpha value is -2.67. The lowest BCUT2D eigenvalue weighted by Crippen LogP contribution is -2.37. The molecule has 2 aromatic heterocycles. The number of carbonyl (C=O) groups is 2. The quantitative estimate of drug-likeness (QED) is 0.663. The van der Waals surface area contributed by atoms with Crippen LogP contribution in [-0.2, 0) is 27.2 Å². The van der Waals surface area contributed by atoms with E-state index in [2.05, 4.69) is 11.4 Å². The maximum atomic E-state index is 12.3. The number of thiophene rings is 2. The number of ether oxygens (including phenoxy) is 1. The van der Waals surface area contributed by atoms with Crippen molar-refractivity contribution >= 4 is 45.8 Å². The maximum Gasteiger partial charge on any atom is 0.433 e. The molecule has 1 N–H and O–H groups in total. The molecule has 31 heavy (non-hydrogen) atoms. The standard InChI is InChI=1S/C22H23N3O4S2/c23-12-18-17-5-3-16(13-28-22(27)25-8-1-2-9-29-25)11-19(17)31-21(18)24-20(26)6-4-15-7-10-30-14-15/h4,6-7,10,14,16H,1-3,5,8-9,11,13H2,(H,24,26)/b6-4+. The van der Waals surface area contributed by atoms with E-state index in [-0.39, 0.29) is 11.8 Å². The first-order chi connectivity index (χ1) is 15.1. The number of nitrogens with one attached hydrogen (secondary N) is 1. The lowest BCUT2D eigenvalue weighted by Gasteiger charge is -2.27. The first-order valence-electron chi connectivity index (χ1n) is 10.3. The predicted octanol–water partition coefficient (Wildman–Crippen LogP) is 4.60. The van der Waals surface area contributed by atoms with Crippen LogP contribution >= 0.6 is 22.7 Å². The molecule has 3 heterocycles. The van der Waals surface area contributed by atoms with Crippen LogP contribution in [0.15, 0.2) is 22.9 Å².